The van der Waals surface area contributed by atoms with Gasteiger partial charge in [0.25, 0.3) is 0 Å². The van der Waals surface area contributed by atoms with E-state index in [0.29, 0.717) is 11.5 Å². The van der Waals surface area contributed by atoms with E-state index in [1.54, 1.807) is 0 Å². The molecule has 7 rings (SSSR count). The first-order valence-electron chi connectivity index (χ1n) is 13.9. The summed E-state index contributed by atoms with van der Waals surface area (Å²) in [5, 5.41) is 6.59. The molecule has 6 aromatic carbocycles. The minimum Gasteiger partial charge on any atom is -0.426 e. The lowest BCUT2D eigenvalue weighted by Gasteiger charge is -2.29. The average molecular weight is 590 g/mol. The highest BCUT2D eigenvalue weighted by Crippen LogP contribution is 2.54. The fourth-order valence-corrected chi connectivity index (χ4v) is 8.45. The lowest BCUT2D eigenvalue weighted by Crippen LogP contribution is -2.26. The van der Waals surface area contributed by atoms with Crippen LogP contribution in [0.2, 0.25) is 0 Å². The fraction of sp³-hybridized carbons (Fsp3) is 0.0857. The number of benzene rings is 6. The number of hydrogen-bond donors (Lipinski definition) is 0. The quantitative estimate of drug-likeness (QED) is 0.173. The highest BCUT2D eigenvalue weighted by Gasteiger charge is 2.34. The minimum absolute atomic E-state index is 0.0273. The van der Waals surface area contributed by atoms with E-state index >= 15 is 0 Å². The standard InChI is InChI=1S/C35H29NO4P2/c1-25(2)36(41(37-28-15-5-3-6-16-28)38-29-17-7-4-8-18-29)42-39-32-23-21-26-13-9-11-19-30(26)34(32)35-31-20-12-10-14-27(31)22-24-33(35)40-42/h3-25H,1-2H3. The molecule has 1 aromatic heterocycles. The normalized spacial score (nSPS) is 11.7. The Kier molecular flexibility index (Phi) is 7.32. The number of fused-ring (bicyclic) bond motifs is 7. The van der Waals surface area contributed by atoms with Crippen molar-refractivity contribution in [3.63, 3.8) is 0 Å². The summed E-state index contributed by atoms with van der Waals surface area (Å²) >= 11 is 0. The molecule has 208 valence electrons. The van der Waals surface area contributed by atoms with Crippen molar-refractivity contribution in [1.29, 1.82) is 0 Å². The maximum atomic E-state index is 6.90. The van der Waals surface area contributed by atoms with Crippen molar-refractivity contribution < 1.29 is 17.4 Å². The highest BCUT2D eigenvalue weighted by atomic mass is 31.2. The van der Waals surface area contributed by atoms with Crippen LogP contribution in [0.3, 0.4) is 0 Å². The smallest absolute Gasteiger partial charge is 0.397 e. The average Bonchev–Trinajstić information content (AvgIpc) is 3.19. The van der Waals surface area contributed by atoms with E-state index in [9.17, 15) is 0 Å². The van der Waals surface area contributed by atoms with Crippen LogP contribution in [0.25, 0.3) is 43.5 Å². The lowest BCUT2D eigenvalue weighted by atomic mass is 9.99. The topological polar surface area (TPSA) is 48.0 Å². The van der Waals surface area contributed by atoms with Gasteiger partial charge in [0.05, 0.1) is 0 Å². The van der Waals surface area contributed by atoms with Crippen molar-refractivity contribution >= 4 is 60.2 Å². The predicted molar refractivity (Wildman–Crippen MR) is 176 cm³/mol. The van der Waals surface area contributed by atoms with Crippen LogP contribution in [0.5, 0.6) is 11.5 Å². The molecule has 0 radical (unpaired) electrons. The van der Waals surface area contributed by atoms with Crippen molar-refractivity contribution in [1.82, 2.24) is 0 Å². The van der Waals surface area contributed by atoms with Gasteiger partial charge in [-0.1, -0.05) is 97.1 Å². The van der Waals surface area contributed by atoms with Gasteiger partial charge in [0.15, 0.2) is 0 Å². The summed E-state index contributed by atoms with van der Waals surface area (Å²) in [4.78, 5) is 0. The fourth-order valence-electron chi connectivity index (χ4n) is 5.12. The van der Waals surface area contributed by atoms with Crippen molar-refractivity contribution in [2.24, 2.45) is 0 Å². The molecule has 5 nitrogen and oxygen atoms in total. The zero-order valence-corrected chi connectivity index (χ0v) is 25.0. The van der Waals surface area contributed by atoms with Gasteiger partial charge in [0.2, 0.25) is 0 Å². The maximum Gasteiger partial charge on any atom is 0.397 e. The molecular weight excluding hydrogens is 560 g/mol. The van der Waals surface area contributed by atoms with Gasteiger partial charge in [-0.25, -0.2) is 0 Å². The van der Waals surface area contributed by atoms with E-state index in [1.165, 1.54) is 0 Å². The van der Waals surface area contributed by atoms with Crippen molar-refractivity contribution in [2.75, 3.05) is 4.44 Å². The van der Waals surface area contributed by atoms with E-state index < -0.39 is 16.7 Å². The lowest BCUT2D eigenvalue weighted by molar-refractivity contribution is 0.479. The van der Waals surface area contributed by atoms with Gasteiger partial charge in [-0.2, -0.15) is 0 Å². The van der Waals surface area contributed by atoms with Crippen molar-refractivity contribution in [2.45, 2.75) is 19.9 Å². The molecule has 0 aliphatic rings. The van der Waals surface area contributed by atoms with Gasteiger partial charge >= 0.3 is 16.7 Å². The molecular formula is C35H29NO4P2. The maximum absolute atomic E-state index is 6.90. The van der Waals surface area contributed by atoms with Crippen LogP contribution >= 0.6 is 16.7 Å². The second kappa shape index (κ2) is 11.5. The van der Waals surface area contributed by atoms with Gasteiger partial charge < -0.3 is 17.4 Å². The SMILES string of the molecule is CC(C)N(P(Oc1ccccc1)Oc1ccccc1)p1oc2ccc3ccccc3c2c2c(ccc3ccccc32)o1. The summed E-state index contributed by atoms with van der Waals surface area (Å²) in [5.74, 6) is 1.43. The number of nitrogens with zero attached hydrogens (tertiary/aromatic N) is 1. The Balaban J connectivity index is 1.51. The Labute approximate surface area is 246 Å². The summed E-state index contributed by atoms with van der Waals surface area (Å²) in [6.07, 6.45) is 0. The highest BCUT2D eigenvalue weighted by molar-refractivity contribution is 7.63. The van der Waals surface area contributed by atoms with Crippen LogP contribution in [-0.2, 0) is 0 Å². The van der Waals surface area contributed by atoms with E-state index in [2.05, 4.69) is 91.1 Å². The first kappa shape index (κ1) is 26.6. The number of hydrogen-bond acceptors (Lipinski definition) is 5. The Morgan fingerprint density at radius 2 is 0.976 bits per heavy atom. The van der Waals surface area contributed by atoms with Crippen molar-refractivity contribution in [3.05, 3.63) is 133 Å². The van der Waals surface area contributed by atoms with E-state index in [-0.39, 0.29) is 6.04 Å². The second-order valence-corrected chi connectivity index (χ2v) is 13.1. The van der Waals surface area contributed by atoms with Gasteiger partial charge in [0.1, 0.15) is 22.7 Å². The third kappa shape index (κ3) is 5.12. The van der Waals surface area contributed by atoms with E-state index in [1.807, 2.05) is 60.7 Å². The molecule has 0 saturated carbocycles. The first-order valence-corrected chi connectivity index (χ1v) is 16.2. The summed E-state index contributed by atoms with van der Waals surface area (Å²) in [6, 6.07) is 44.7. The molecule has 0 N–H and O–H groups in total. The van der Waals surface area contributed by atoms with Crippen LogP contribution in [0.4, 0.5) is 0 Å². The first-order chi connectivity index (χ1) is 20.7. The van der Waals surface area contributed by atoms with Crippen LogP contribution in [0.1, 0.15) is 13.8 Å². The minimum atomic E-state index is -1.70. The molecule has 0 amide bonds. The zero-order valence-electron chi connectivity index (χ0n) is 23.3. The Morgan fingerprint density at radius 3 is 1.43 bits per heavy atom. The molecule has 42 heavy (non-hydrogen) atoms. The molecule has 0 aliphatic carbocycles. The number of para-hydroxylation sites is 2. The van der Waals surface area contributed by atoms with E-state index in [4.69, 9.17) is 17.4 Å². The number of rotatable bonds is 7. The van der Waals surface area contributed by atoms with Crippen LogP contribution in [0, 0.1) is 0 Å². The molecule has 1 heterocycles. The molecule has 0 aliphatic heterocycles. The van der Waals surface area contributed by atoms with Crippen LogP contribution in [-0.4, -0.2) is 6.04 Å². The molecule has 7 aromatic rings. The Hall–Kier alpha value is -4.27. The van der Waals surface area contributed by atoms with Gasteiger partial charge in [-0.05, 0) is 71.8 Å². The molecule has 0 fully saturated rings. The van der Waals surface area contributed by atoms with Crippen molar-refractivity contribution in [3.8, 4) is 11.5 Å². The molecule has 0 bridgehead atoms. The van der Waals surface area contributed by atoms with Gasteiger partial charge in [-0.3, -0.25) is 0 Å². The Bertz CT molecular complexity index is 1910. The molecule has 0 unspecified atom stereocenters. The molecule has 0 spiro atoms. The molecule has 7 heteroatoms. The zero-order chi connectivity index (χ0) is 28.5. The summed E-state index contributed by atoms with van der Waals surface area (Å²) in [7, 11) is -3.39. The monoisotopic (exact) mass is 589 g/mol. The van der Waals surface area contributed by atoms with E-state index in [0.717, 1.165) is 43.5 Å². The largest absolute Gasteiger partial charge is 0.426 e. The Morgan fingerprint density at radius 1 is 0.548 bits per heavy atom. The molecule has 0 saturated heterocycles. The van der Waals surface area contributed by atoms with Gasteiger partial charge in [0, 0.05) is 16.8 Å². The third-order valence-corrected chi connectivity index (χ3v) is 10.9. The summed E-state index contributed by atoms with van der Waals surface area (Å²) < 4.78 is 29.1. The van der Waals surface area contributed by atoms with Gasteiger partial charge in [-0.15, -0.1) is 4.44 Å². The summed E-state index contributed by atoms with van der Waals surface area (Å²) in [6.45, 7) is 4.22. The summed E-state index contributed by atoms with van der Waals surface area (Å²) in [5.41, 5.74) is 1.55. The predicted octanol–water partition coefficient (Wildman–Crippen LogP) is 11.3. The second-order valence-electron chi connectivity index (χ2n) is 10.2. The van der Waals surface area contributed by atoms with Crippen LogP contribution in [0.15, 0.2) is 142 Å². The van der Waals surface area contributed by atoms with Crippen LogP contribution < -0.4 is 13.5 Å². The molecule has 0 atom stereocenters. The third-order valence-electron chi connectivity index (χ3n) is 7.03.